The predicted octanol–water partition coefficient (Wildman–Crippen LogP) is 7.53. The molecule has 2 heterocycles. The van der Waals surface area contributed by atoms with E-state index in [2.05, 4.69) is 4.90 Å². The van der Waals surface area contributed by atoms with E-state index in [0.29, 0.717) is 22.3 Å². The van der Waals surface area contributed by atoms with Crippen LogP contribution in [-0.2, 0) is 9.84 Å². The largest absolute Gasteiger partial charge is 0.508 e. The second-order valence-corrected chi connectivity index (χ2v) is 13.7. The molecule has 1 aromatic heterocycles. The van der Waals surface area contributed by atoms with Gasteiger partial charge in [-0.05, 0) is 106 Å². The van der Waals surface area contributed by atoms with Crippen LogP contribution >= 0.6 is 23.7 Å². The van der Waals surface area contributed by atoms with Crippen molar-refractivity contribution in [2.24, 2.45) is 0 Å². The number of hydrogen-bond acceptors (Lipinski definition) is 7. The van der Waals surface area contributed by atoms with Gasteiger partial charge in [0.05, 0.1) is 5.25 Å². The van der Waals surface area contributed by atoms with E-state index >= 15 is 0 Å². The normalized spacial score (nSPS) is 14.3. The number of phenolic OH excluding ortho intramolecular Hbond substituents is 1. The van der Waals surface area contributed by atoms with Crippen LogP contribution in [0.15, 0.2) is 70.9 Å². The van der Waals surface area contributed by atoms with E-state index in [4.69, 9.17) is 9.47 Å². The number of likely N-dealkylation sites (tertiary alicyclic amines) is 1. The van der Waals surface area contributed by atoms with Crippen LogP contribution in [0.1, 0.15) is 33.1 Å². The molecule has 208 valence electrons. The van der Waals surface area contributed by atoms with E-state index in [9.17, 15) is 13.5 Å². The molecule has 1 fully saturated rings. The summed E-state index contributed by atoms with van der Waals surface area (Å²) < 4.78 is 38.2. The third-order valence-corrected chi connectivity index (χ3v) is 10.7. The monoisotopic (exact) mass is 587 g/mol. The Bertz CT molecular complexity index is 1510. The SMILES string of the molecule is CC(C)S(=O)(=O)c1ccc(-c2ccc3cc(O)ccc3c2Oc2ccc(OCCN3CCCCC3)cc2)s1.Cl. The van der Waals surface area contributed by atoms with Crippen molar-refractivity contribution in [1.82, 2.24) is 4.90 Å². The molecule has 6 nitrogen and oxygen atoms in total. The van der Waals surface area contributed by atoms with E-state index in [1.807, 2.05) is 48.5 Å². The van der Waals surface area contributed by atoms with Crippen LogP contribution < -0.4 is 9.47 Å². The number of benzene rings is 3. The Morgan fingerprint density at radius 3 is 2.36 bits per heavy atom. The van der Waals surface area contributed by atoms with Gasteiger partial charge in [0.2, 0.25) is 0 Å². The van der Waals surface area contributed by atoms with E-state index in [1.54, 1.807) is 32.0 Å². The van der Waals surface area contributed by atoms with Gasteiger partial charge in [0.15, 0.2) is 9.84 Å². The molecule has 4 aromatic rings. The molecular formula is C30H34ClNO5S2. The molecule has 3 aromatic carbocycles. The zero-order valence-electron chi connectivity index (χ0n) is 22.1. The van der Waals surface area contributed by atoms with Crippen LogP contribution in [0.5, 0.6) is 23.0 Å². The van der Waals surface area contributed by atoms with Crippen molar-refractivity contribution < 1.29 is 23.0 Å². The maximum atomic E-state index is 12.7. The first-order chi connectivity index (χ1) is 18.3. The molecule has 1 N–H and O–H groups in total. The lowest BCUT2D eigenvalue weighted by molar-refractivity contribution is 0.183. The van der Waals surface area contributed by atoms with Gasteiger partial charge in [-0.3, -0.25) is 4.90 Å². The summed E-state index contributed by atoms with van der Waals surface area (Å²) >= 11 is 1.24. The standard InChI is InChI=1S/C30H33NO5S2.ClH/c1-21(2)38(33,34)29-15-14-28(37-29)27-12-6-22-20-23(32)7-13-26(22)30(27)36-25-10-8-24(9-11-25)35-19-18-31-16-4-3-5-17-31;/h6-15,20-21,32H,3-5,16-19H2,1-2H3;1H. The number of hydrogen-bond donors (Lipinski definition) is 1. The molecule has 0 spiro atoms. The zero-order chi connectivity index (χ0) is 26.7. The summed E-state index contributed by atoms with van der Waals surface area (Å²) in [6, 6.07) is 20.0. The van der Waals surface area contributed by atoms with Crippen LogP contribution in [-0.4, -0.2) is 49.9 Å². The van der Waals surface area contributed by atoms with Gasteiger partial charge in [0.25, 0.3) is 0 Å². The molecule has 9 heteroatoms. The smallest absolute Gasteiger partial charge is 0.190 e. The summed E-state index contributed by atoms with van der Waals surface area (Å²) in [6.45, 7) is 7.25. The molecule has 1 saturated heterocycles. The van der Waals surface area contributed by atoms with Gasteiger partial charge in [-0.1, -0.05) is 12.5 Å². The number of ether oxygens (including phenoxy) is 2. The number of piperidine rings is 1. The van der Waals surface area contributed by atoms with E-state index in [1.165, 1.54) is 30.6 Å². The fourth-order valence-electron chi connectivity index (χ4n) is 4.64. The number of aromatic hydroxyl groups is 1. The van der Waals surface area contributed by atoms with Crippen molar-refractivity contribution in [2.75, 3.05) is 26.2 Å². The average molecular weight is 588 g/mol. The fourth-order valence-corrected chi connectivity index (χ4v) is 7.43. The second-order valence-electron chi connectivity index (χ2n) is 9.88. The third kappa shape index (κ3) is 6.69. The van der Waals surface area contributed by atoms with Gasteiger partial charge in [0.1, 0.15) is 33.8 Å². The Morgan fingerprint density at radius 2 is 1.64 bits per heavy atom. The molecule has 0 bridgehead atoms. The highest BCUT2D eigenvalue weighted by atomic mass is 35.5. The summed E-state index contributed by atoms with van der Waals surface area (Å²) in [5.41, 5.74) is 0.792. The van der Waals surface area contributed by atoms with Gasteiger partial charge in [0, 0.05) is 22.4 Å². The molecule has 39 heavy (non-hydrogen) atoms. The molecule has 0 amide bonds. The number of phenols is 1. The maximum absolute atomic E-state index is 12.7. The third-order valence-electron chi connectivity index (χ3n) is 6.87. The number of thiophene rings is 1. The lowest BCUT2D eigenvalue weighted by Gasteiger charge is -2.26. The zero-order valence-corrected chi connectivity index (χ0v) is 24.6. The summed E-state index contributed by atoms with van der Waals surface area (Å²) in [6.07, 6.45) is 3.85. The highest BCUT2D eigenvalue weighted by Crippen LogP contribution is 2.43. The average Bonchev–Trinajstić information content (AvgIpc) is 3.41. The van der Waals surface area contributed by atoms with Gasteiger partial charge in [-0.15, -0.1) is 23.7 Å². The van der Waals surface area contributed by atoms with Gasteiger partial charge >= 0.3 is 0 Å². The molecule has 0 aliphatic carbocycles. The first-order valence-electron chi connectivity index (χ1n) is 13.0. The molecule has 0 atom stereocenters. The molecule has 1 aliphatic heterocycles. The highest BCUT2D eigenvalue weighted by Gasteiger charge is 2.23. The summed E-state index contributed by atoms with van der Waals surface area (Å²) in [5, 5.41) is 11.2. The van der Waals surface area contributed by atoms with Crippen LogP contribution in [0.3, 0.4) is 0 Å². The molecular weight excluding hydrogens is 554 g/mol. The van der Waals surface area contributed by atoms with E-state index in [0.717, 1.165) is 46.6 Å². The summed E-state index contributed by atoms with van der Waals surface area (Å²) in [7, 11) is -3.38. The lowest BCUT2D eigenvalue weighted by Crippen LogP contribution is -2.33. The number of rotatable bonds is 9. The van der Waals surface area contributed by atoms with E-state index in [-0.39, 0.29) is 18.2 Å². The number of fused-ring (bicyclic) bond motifs is 1. The van der Waals surface area contributed by atoms with Crippen LogP contribution in [0.4, 0.5) is 0 Å². The summed E-state index contributed by atoms with van der Waals surface area (Å²) in [5.74, 6) is 2.21. The van der Waals surface area contributed by atoms with Crippen molar-refractivity contribution in [3.05, 3.63) is 66.7 Å². The van der Waals surface area contributed by atoms with Crippen LogP contribution in [0.25, 0.3) is 21.2 Å². The minimum Gasteiger partial charge on any atom is -0.508 e. The fraction of sp³-hybridized carbons (Fsp3) is 0.333. The number of nitrogens with zero attached hydrogens (tertiary/aromatic N) is 1. The van der Waals surface area contributed by atoms with Crippen LogP contribution in [0.2, 0.25) is 0 Å². The Balaban J connectivity index is 0.00000353. The molecule has 5 rings (SSSR count). The number of sulfone groups is 1. The van der Waals surface area contributed by atoms with Crippen molar-refractivity contribution in [3.8, 4) is 33.4 Å². The van der Waals surface area contributed by atoms with Crippen molar-refractivity contribution in [2.45, 2.75) is 42.6 Å². The topological polar surface area (TPSA) is 76.1 Å². The minimum absolute atomic E-state index is 0. The maximum Gasteiger partial charge on any atom is 0.190 e. The summed E-state index contributed by atoms with van der Waals surface area (Å²) in [4.78, 5) is 3.25. The van der Waals surface area contributed by atoms with Gasteiger partial charge in [-0.2, -0.15) is 0 Å². The number of halogens is 1. The Hall–Kier alpha value is -2.78. The first-order valence-corrected chi connectivity index (χ1v) is 15.4. The Labute approximate surface area is 240 Å². The van der Waals surface area contributed by atoms with Crippen LogP contribution in [0, 0.1) is 0 Å². The Morgan fingerprint density at radius 1 is 0.923 bits per heavy atom. The lowest BCUT2D eigenvalue weighted by atomic mass is 10.0. The van der Waals surface area contributed by atoms with Crippen molar-refractivity contribution in [1.29, 1.82) is 0 Å². The van der Waals surface area contributed by atoms with Gasteiger partial charge in [-0.25, -0.2) is 8.42 Å². The first kappa shape index (κ1) is 29.2. The van der Waals surface area contributed by atoms with E-state index < -0.39 is 15.1 Å². The van der Waals surface area contributed by atoms with Crippen molar-refractivity contribution in [3.63, 3.8) is 0 Å². The van der Waals surface area contributed by atoms with Gasteiger partial charge < -0.3 is 14.6 Å². The highest BCUT2D eigenvalue weighted by molar-refractivity contribution is 7.94. The predicted molar refractivity (Wildman–Crippen MR) is 161 cm³/mol. The van der Waals surface area contributed by atoms with Crippen molar-refractivity contribution >= 4 is 44.4 Å². The molecule has 1 aliphatic rings. The quantitative estimate of drug-likeness (QED) is 0.218. The second kappa shape index (κ2) is 12.6. The molecule has 0 saturated carbocycles. The Kier molecular flexibility index (Phi) is 9.43. The molecule has 0 radical (unpaired) electrons. The molecule has 0 unspecified atom stereocenters. The minimum atomic E-state index is -3.38.